The van der Waals surface area contributed by atoms with Crippen LogP contribution in [0.1, 0.15) is 28.8 Å². The van der Waals surface area contributed by atoms with Crippen molar-refractivity contribution in [1.82, 2.24) is 15.6 Å². The van der Waals surface area contributed by atoms with Gasteiger partial charge < -0.3 is 25.8 Å². The smallest absolute Gasteiger partial charge is 0.284 e. The van der Waals surface area contributed by atoms with Gasteiger partial charge >= 0.3 is 0 Å². The maximum atomic E-state index is 11.1. The molecule has 0 spiro atoms. The lowest BCUT2D eigenvalue weighted by Gasteiger charge is -2.10. The molecule has 0 atom stereocenters. The Balaban J connectivity index is 1.58. The van der Waals surface area contributed by atoms with E-state index in [1.807, 2.05) is 25.3 Å². The molecule has 2 heterocycles. The molecule has 0 aliphatic rings. The molecule has 0 fully saturated rings. The zero-order valence-corrected chi connectivity index (χ0v) is 14.7. The highest BCUT2D eigenvalue weighted by molar-refractivity contribution is 5.89. The van der Waals surface area contributed by atoms with Crippen LogP contribution in [0.3, 0.4) is 0 Å². The van der Waals surface area contributed by atoms with Crippen LogP contribution in [0, 0.1) is 0 Å². The van der Waals surface area contributed by atoms with Crippen molar-refractivity contribution >= 4 is 22.8 Å². The Kier molecular flexibility index (Phi) is 5.58. The van der Waals surface area contributed by atoms with Crippen LogP contribution in [0.25, 0.3) is 10.9 Å². The number of benzene rings is 1. The molecule has 3 aromatic rings. The molecule has 7 heteroatoms. The summed E-state index contributed by atoms with van der Waals surface area (Å²) >= 11 is 0. The molecule has 0 aliphatic heterocycles. The number of carbonyl (C=O) groups is 1. The fraction of sp³-hybridized carbons (Fsp3) is 0.263. The molecule has 1 amide bonds. The second-order valence-electron chi connectivity index (χ2n) is 5.86. The number of hydrogen-bond acceptors (Lipinski definition) is 3. The summed E-state index contributed by atoms with van der Waals surface area (Å²) < 4.78 is 5.34. The molecule has 1 aromatic carbocycles. The minimum atomic E-state index is -0.580. The third-order valence-corrected chi connectivity index (χ3v) is 4.00. The van der Waals surface area contributed by atoms with E-state index in [0.717, 1.165) is 25.0 Å². The maximum absolute atomic E-state index is 11.1. The highest BCUT2D eigenvalue weighted by Gasteiger charge is 2.07. The average molecular weight is 353 g/mol. The highest BCUT2D eigenvalue weighted by Crippen LogP contribution is 2.17. The SMILES string of the molecule is CCNC(=NCc1ccc(C(N)=O)o1)NCCc1c[nH]c2ccccc12. The zero-order chi connectivity index (χ0) is 18.4. The number of aromatic nitrogens is 1. The predicted octanol–water partition coefficient (Wildman–Crippen LogP) is 2.16. The largest absolute Gasteiger partial charge is 0.454 e. The monoisotopic (exact) mass is 353 g/mol. The lowest BCUT2D eigenvalue weighted by molar-refractivity contribution is 0.0972. The fourth-order valence-corrected chi connectivity index (χ4v) is 2.75. The molecular formula is C19H23N5O2. The van der Waals surface area contributed by atoms with Gasteiger partial charge in [0.05, 0.1) is 0 Å². The van der Waals surface area contributed by atoms with Crippen LogP contribution in [0.5, 0.6) is 0 Å². The number of nitrogens with zero attached hydrogens (tertiary/aromatic N) is 1. The summed E-state index contributed by atoms with van der Waals surface area (Å²) in [5.41, 5.74) is 7.60. The van der Waals surface area contributed by atoms with Gasteiger partial charge in [-0.3, -0.25) is 4.79 Å². The number of H-pyrrole nitrogens is 1. The molecule has 0 bridgehead atoms. The van der Waals surface area contributed by atoms with Crippen LogP contribution in [0.15, 0.2) is 52.0 Å². The molecule has 5 N–H and O–H groups in total. The topological polar surface area (TPSA) is 108 Å². The Hall–Kier alpha value is -3.22. The number of nitrogens with one attached hydrogen (secondary N) is 3. The van der Waals surface area contributed by atoms with Crippen molar-refractivity contribution < 1.29 is 9.21 Å². The van der Waals surface area contributed by atoms with Gasteiger partial charge in [-0.05, 0) is 37.1 Å². The molecule has 0 unspecified atom stereocenters. The Labute approximate surface area is 151 Å². The molecule has 2 aromatic heterocycles. The lowest BCUT2D eigenvalue weighted by atomic mass is 10.1. The number of carbonyl (C=O) groups excluding carboxylic acids is 1. The van der Waals surface area contributed by atoms with Crippen molar-refractivity contribution in [2.45, 2.75) is 19.9 Å². The van der Waals surface area contributed by atoms with E-state index in [9.17, 15) is 4.79 Å². The lowest BCUT2D eigenvalue weighted by Crippen LogP contribution is -2.38. The Morgan fingerprint density at radius 2 is 2.08 bits per heavy atom. The number of para-hydroxylation sites is 1. The van der Waals surface area contributed by atoms with Crippen LogP contribution in [-0.2, 0) is 13.0 Å². The molecule has 7 nitrogen and oxygen atoms in total. The van der Waals surface area contributed by atoms with Gasteiger partial charge in [0.1, 0.15) is 12.3 Å². The van der Waals surface area contributed by atoms with E-state index in [1.165, 1.54) is 10.9 Å². The van der Waals surface area contributed by atoms with Crippen molar-refractivity contribution in [3.8, 4) is 0 Å². The Bertz CT molecular complexity index is 909. The van der Waals surface area contributed by atoms with Crippen LogP contribution in [-0.4, -0.2) is 29.9 Å². The summed E-state index contributed by atoms with van der Waals surface area (Å²) in [6.07, 6.45) is 2.92. The third kappa shape index (κ3) is 4.24. The summed E-state index contributed by atoms with van der Waals surface area (Å²) in [6.45, 7) is 3.84. The van der Waals surface area contributed by atoms with Crippen LogP contribution in [0.4, 0.5) is 0 Å². The van der Waals surface area contributed by atoms with Crippen molar-refractivity contribution in [2.24, 2.45) is 10.7 Å². The first-order valence-corrected chi connectivity index (χ1v) is 8.63. The highest BCUT2D eigenvalue weighted by atomic mass is 16.3. The van der Waals surface area contributed by atoms with E-state index in [0.29, 0.717) is 18.3 Å². The molecular weight excluding hydrogens is 330 g/mol. The van der Waals surface area contributed by atoms with Crippen LogP contribution < -0.4 is 16.4 Å². The molecule has 0 radical (unpaired) electrons. The van der Waals surface area contributed by atoms with E-state index in [-0.39, 0.29) is 5.76 Å². The van der Waals surface area contributed by atoms with Gasteiger partial charge in [-0.1, -0.05) is 18.2 Å². The second kappa shape index (κ2) is 8.24. The Morgan fingerprint density at radius 3 is 2.85 bits per heavy atom. The quantitative estimate of drug-likeness (QED) is 0.385. The molecule has 0 aliphatic carbocycles. The number of furan rings is 1. The fourth-order valence-electron chi connectivity index (χ4n) is 2.75. The first-order chi connectivity index (χ1) is 12.7. The Morgan fingerprint density at radius 1 is 1.23 bits per heavy atom. The number of rotatable bonds is 7. The second-order valence-corrected chi connectivity index (χ2v) is 5.86. The minimum absolute atomic E-state index is 0.146. The maximum Gasteiger partial charge on any atom is 0.284 e. The first kappa shape index (κ1) is 17.6. The summed E-state index contributed by atoms with van der Waals surface area (Å²) in [4.78, 5) is 18.8. The van der Waals surface area contributed by atoms with Crippen molar-refractivity contribution in [2.75, 3.05) is 13.1 Å². The summed E-state index contributed by atoms with van der Waals surface area (Å²) in [5.74, 6) is 0.855. The normalized spacial score (nSPS) is 11.7. The zero-order valence-electron chi connectivity index (χ0n) is 14.7. The van der Waals surface area contributed by atoms with Gasteiger partial charge in [-0.2, -0.15) is 0 Å². The van der Waals surface area contributed by atoms with E-state index in [4.69, 9.17) is 10.2 Å². The number of aromatic amines is 1. The third-order valence-electron chi connectivity index (χ3n) is 4.00. The number of fused-ring (bicyclic) bond motifs is 1. The summed E-state index contributed by atoms with van der Waals surface area (Å²) in [7, 11) is 0. The van der Waals surface area contributed by atoms with Gasteiger partial charge in [0.25, 0.3) is 5.91 Å². The standard InChI is InChI=1S/C19H23N5O2/c1-2-21-19(24-12-14-7-8-17(26-14)18(20)25)22-10-9-13-11-23-16-6-4-3-5-15(13)16/h3-8,11,23H,2,9-10,12H2,1H3,(H2,20,25)(H2,21,22,24). The number of guanidine groups is 1. The average Bonchev–Trinajstić information content (AvgIpc) is 3.27. The first-order valence-electron chi connectivity index (χ1n) is 8.63. The van der Waals surface area contributed by atoms with Gasteiger partial charge in [0.15, 0.2) is 11.7 Å². The van der Waals surface area contributed by atoms with E-state index >= 15 is 0 Å². The number of hydrogen-bond donors (Lipinski definition) is 4. The van der Waals surface area contributed by atoms with Crippen molar-refractivity contribution in [3.63, 3.8) is 0 Å². The molecule has 136 valence electrons. The van der Waals surface area contributed by atoms with E-state index in [1.54, 1.807) is 12.1 Å². The molecule has 0 saturated carbocycles. The van der Waals surface area contributed by atoms with E-state index in [2.05, 4.69) is 32.7 Å². The van der Waals surface area contributed by atoms with Crippen LogP contribution >= 0.6 is 0 Å². The summed E-state index contributed by atoms with van der Waals surface area (Å²) in [6, 6.07) is 11.5. The molecule has 3 rings (SSSR count). The number of aliphatic imine (C=N–C) groups is 1. The van der Waals surface area contributed by atoms with Crippen LogP contribution in [0.2, 0.25) is 0 Å². The van der Waals surface area contributed by atoms with Gasteiger partial charge in [0, 0.05) is 30.2 Å². The predicted molar refractivity (Wildman–Crippen MR) is 102 cm³/mol. The number of primary amides is 1. The molecule has 26 heavy (non-hydrogen) atoms. The van der Waals surface area contributed by atoms with Gasteiger partial charge in [-0.15, -0.1) is 0 Å². The number of nitrogens with two attached hydrogens (primary N) is 1. The van der Waals surface area contributed by atoms with Gasteiger partial charge in [-0.25, -0.2) is 4.99 Å². The van der Waals surface area contributed by atoms with Crippen molar-refractivity contribution in [1.29, 1.82) is 0 Å². The van der Waals surface area contributed by atoms with Crippen molar-refractivity contribution in [3.05, 3.63) is 59.7 Å². The summed E-state index contributed by atoms with van der Waals surface area (Å²) in [5, 5.41) is 7.75. The van der Waals surface area contributed by atoms with E-state index < -0.39 is 5.91 Å². The molecule has 0 saturated heterocycles. The van der Waals surface area contributed by atoms with Gasteiger partial charge in [0.2, 0.25) is 0 Å². The number of amides is 1. The minimum Gasteiger partial charge on any atom is -0.454 e.